The van der Waals surface area contributed by atoms with Gasteiger partial charge in [-0.15, -0.1) is 0 Å². The van der Waals surface area contributed by atoms with Gasteiger partial charge in [-0.1, -0.05) is 125 Å². The monoisotopic (exact) mass is 642 g/mol. The van der Waals surface area contributed by atoms with Crippen molar-refractivity contribution in [2.75, 3.05) is 5.32 Å². The summed E-state index contributed by atoms with van der Waals surface area (Å²) >= 11 is 0. The van der Waals surface area contributed by atoms with Crippen LogP contribution in [0.5, 0.6) is 0 Å². The van der Waals surface area contributed by atoms with Gasteiger partial charge in [-0.25, -0.2) is 0 Å². The molecule has 8 aromatic rings. The minimum Gasteiger partial charge on any atom is -0.355 e. The highest BCUT2D eigenvalue weighted by molar-refractivity contribution is 6.11. The first-order valence-corrected chi connectivity index (χ1v) is 17.7. The normalized spacial score (nSPS) is 14.7. The molecule has 7 aromatic carbocycles. The average Bonchev–Trinajstić information content (AvgIpc) is 3.68. The Balaban J connectivity index is 1.18. The third-order valence-electron chi connectivity index (χ3n) is 11.6. The van der Waals surface area contributed by atoms with E-state index in [4.69, 9.17) is 0 Å². The fourth-order valence-electron chi connectivity index (χ4n) is 9.02. The van der Waals surface area contributed by atoms with Crippen LogP contribution in [0.2, 0.25) is 0 Å². The highest BCUT2D eigenvalue weighted by Crippen LogP contribution is 2.53. The first kappa shape index (κ1) is 29.1. The Labute approximate surface area is 293 Å². The Kier molecular flexibility index (Phi) is 6.01. The van der Waals surface area contributed by atoms with Crippen molar-refractivity contribution < 1.29 is 0 Å². The SMILES string of the molecule is CC1(C)c2ccccc2-c2ccc(Nc3cc4c(cc3-c3ccc5c(c3)c3ccccc3n5-c3ccccc3)-c3ccccc3C4(C)C)cc21. The van der Waals surface area contributed by atoms with Crippen molar-refractivity contribution in [1.82, 2.24) is 4.57 Å². The Morgan fingerprint density at radius 1 is 0.420 bits per heavy atom. The predicted octanol–water partition coefficient (Wildman–Crippen LogP) is 12.8. The number of aromatic nitrogens is 1. The maximum atomic E-state index is 3.97. The summed E-state index contributed by atoms with van der Waals surface area (Å²) in [5.74, 6) is 0. The molecule has 0 amide bonds. The molecule has 0 saturated heterocycles. The molecule has 0 spiro atoms. The molecule has 2 aliphatic rings. The molecule has 0 aliphatic heterocycles. The second-order valence-electron chi connectivity index (χ2n) is 15.1. The Morgan fingerprint density at radius 3 is 1.78 bits per heavy atom. The minimum absolute atomic E-state index is 0.0635. The highest BCUT2D eigenvalue weighted by Gasteiger charge is 2.37. The summed E-state index contributed by atoms with van der Waals surface area (Å²) in [4.78, 5) is 0. The zero-order valence-electron chi connectivity index (χ0n) is 28.9. The maximum Gasteiger partial charge on any atom is 0.0541 e. The third kappa shape index (κ3) is 4.02. The molecule has 2 aliphatic carbocycles. The molecular formula is C48H38N2. The molecule has 0 saturated carbocycles. The molecule has 240 valence electrons. The van der Waals surface area contributed by atoms with Gasteiger partial charge in [0.2, 0.25) is 0 Å². The summed E-state index contributed by atoms with van der Waals surface area (Å²) in [6, 6.07) is 56.1. The van der Waals surface area contributed by atoms with E-state index in [1.54, 1.807) is 0 Å². The van der Waals surface area contributed by atoms with E-state index in [9.17, 15) is 0 Å². The Bertz CT molecular complexity index is 2670. The van der Waals surface area contributed by atoms with Crippen LogP contribution in [-0.2, 0) is 10.8 Å². The van der Waals surface area contributed by atoms with E-state index < -0.39 is 0 Å². The minimum atomic E-state index is -0.102. The summed E-state index contributed by atoms with van der Waals surface area (Å²) in [7, 11) is 0. The summed E-state index contributed by atoms with van der Waals surface area (Å²) < 4.78 is 2.39. The second-order valence-corrected chi connectivity index (χ2v) is 15.1. The van der Waals surface area contributed by atoms with Gasteiger partial charge in [0, 0.05) is 44.2 Å². The van der Waals surface area contributed by atoms with Crippen LogP contribution < -0.4 is 5.32 Å². The molecule has 1 heterocycles. The van der Waals surface area contributed by atoms with Gasteiger partial charge in [0.25, 0.3) is 0 Å². The van der Waals surface area contributed by atoms with Crippen LogP contribution >= 0.6 is 0 Å². The predicted molar refractivity (Wildman–Crippen MR) is 211 cm³/mol. The van der Waals surface area contributed by atoms with Crippen molar-refractivity contribution in [2.45, 2.75) is 38.5 Å². The van der Waals surface area contributed by atoms with E-state index in [0.717, 1.165) is 11.4 Å². The number of benzene rings is 7. The average molecular weight is 643 g/mol. The van der Waals surface area contributed by atoms with E-state index in [1.165, 1.54) is 83.1 Å². The number of rotatable bonds is 4. The highest BCUT2D eigenvalue weighted by atomic mass is 15.0. The van der Waals surface area contributed by atoms with Gasteiger partial charge in [0.1, 0.15) is 0 Å². The van der Waals surface area contributed by atoms with Crippen molar-refractivity contribution in [3.05, 3.63) is 174 Å². The number of anilines is 2. The number of para-hydroxylation sites is 2. The van der Waals surface area contributed by atoms with Crippen molar-refractivity contribution in [3.8, 4) is 39.1 Å². The van der Waals surface area contributed by atoms with Crippen LogP contribution in [0.3, 0.4) is 0 Å². The van der Waals surface area contributed by atoms with Crippen LogP contribution in [0.1, 0.15) is 49.9 Å². The van der Waals surface area contributed by atoms with Gasteiger partial charge >= 0.3 is 0 Å². The van der Waals surface area contributed by atoms with Crippen LogP contribution in [0, 0.1) is 0 Å². The van der Waals surface area contributed by atoms with Crippen LogP contribution in [-0.4, -0.2) is 4.57 Å². The van der Waals surface area contributed by atoms with E-state index >= 15 is 0 Å². The van der Waals surface area contributed by atoms with E-state index in [0.29, 0.717) is 0 Å². The fourth-order valence-corrected chi connectivity index (χ4v) is 9.02. The van der Waals surface area contributed by atoms with Crippen molar-refractivity contribution in [2.24, 2.45) is 0 Å². The first-order valence-electron chi connectivity index (χ1n) is 17.7. The van der Waals surface area contributed by atoms with Gasteiger partial charge < -0.3 is 9.88 Å². The van der Waals surface area contributed by atoms with Crippen LogP contribution in [0.15, 0.2) is 152 Å². The third-order valence-corrected chi connectivity index (χ3v) is 11.6. The Hall–Kier alpha value is -5.86. The molecule has 0 fully saturated rings. The van der Waals surface area contributed by atoms with E-state index in [2.05, 4.69) is 189 Å². The van der Waals surface area contributed by atoms with Crippen molar-refractivity contribution in [3.63, 3.8) is 0 Å². The summed E-state index contributed by atoms with van der Waals surface area (Å²) in [5, 5.41) is 6.49. The number of fused-ring (bicyclic) bond motifs is 9. The molecule has 0 radical (unpaired) electrons. The van der Waals surface area contributed by atoms with Gasteiger partial charge in [-0.05, 0) is 105 Å². The molecular weight excluding hydrogens is 605 g/mol. The largest absolute Gasteiger partial charge is 0.355 e. The topological polar surface area (TPSA) is 17.0 Å². The number of hydrogen-bond acceptors (Lipinski definition) is 1. The zero-order valence-corrected chi connectivity index (χ0v) is 28.9. The maximum absolute atomic E-state index is 3.97. The number of nitrogens with zero attached hydrogens (tertiary/aromatic N) is 1. The van der Waals surface area contributed by atoms with Crippen LogP contribution in [0.4, 0.5) is 11.4 Å². The van der Waals surface area contributed by atoms with Crippen molar-refractivity contribution >= 4 is 33.2 Å². The lowest BCUT2D eigenvalue weighted by atomic mass is 9.81. The van der Waals surface area contributed by atoms with Crippen LogP contribution in [0.25, 0.3) is 60.9 Å². The summed E-state index contributed by atoms with van der Waals surface area (Å²) in [6.07, 6.45) is 0. The molecule has 0 bridgehead atoms. The van der Waals surface area contributed by atoms with E-state index in [-0.39, 0.29) is 10.8 Å². The Morgan fingerprint density at radius 2 is 1.02 bits per heavy atom. The van der Waals surface area contributed by atoms with Crippen molar-refractivity contribution in [1.29, 1.82) is 0 Å². The molecule has 1 N–H and O–H groups in total. The molecule has 10 rings (SSSR count). The standard InChI is InChI=1S/C48H38N2/c1-47(2)40-19-11-8-16-33(40)35-24-23-31(27-42(35)47)49-44-29-43-38(34-17-9-12-20-41(34)48(43,3)4)28-37(44)30-22-25-46-39(26-30)36-18-10-13-21-45(36)50(46)32-14-6-5-7-15-32/h5-29,49H,1-4H3. The second kappa shape index (κ2) is 10.3. The lowest BCUT2D eigenvalue weighted by Crippen LogP contribution is -2.15. The molecule has 2 nitrogen and oxygen atoms in total. The molecule has 0 atom stereocenters. The number of hydrogen-bond donors (Lipinski definition) is 1. The lowest BCUT2D eigenvalue weighted by molar-refractivity contribution is 0.660. The van der Waals surface area contributed by atoms with Gasteiger partial charge in [-0.3, -0.25) is 0 Å². The molecule has 2 heteroatoms. The van der Waals surface area contributed by atoms with Gasteiger partial charge in [-0.2, -0.15) is 0 Å². The quantitative estimate of drug-likeness (QED) is 0.202. The zero-order chi connectivity index (χ0) is 33.8. The number of nitrogens with one attached hydrogen (secondary N) is 1. The fraction of sp³-hybridized carbons (Fsp3) is 0.125. The smallest absolute Gasteiger partial charge is 0.0541 e. The first-order chi connectivity index (χ1) is 24.3. The van der Waals surface area contributed by atoms with E-state index in [1.807, 2.05) is 0 Å². The molecule has 1 aromatic heterocycles. The molecule has 0 unspecified atom stereocenters. The summed E-state index contributed by atoms with van der Waals surface area (Å²) in [6.45, 7) is 9.42. The molecule has 50 heavy (non-hydrogen) atoms. The van der Waals surface area contributed by atoms with Gasteiger partial charge in [0.15, 0.2) is 0 Å². The van der Waals surface area contributed by atoms with Gasteiger partial charge in [0.05, 0.1) is 11.0 Å². The lowest BCUT2D eigenvalue weighted by Gasteiger charge is -2.24. The summed E-state index contributed by atoms with van der Waals surface area (Å²) in [5.41, 5.74) is 18.9.